The first kappa shape index (κ1) is 29.4. The van der Waals surface area contributed by atoms with Crippen LogP contribution in [0, 0.1) is 11.8 Å². The molecular formula is C30H40N4O6. The van der Waals surface area contributed by atoms with Crippen LogP contribution in [0.3, 0.4) is 0 Å². The topological polar surface area (TPSA) is 127 Å². The fraction of sp³-hybridized carbons (Fsp3) is 0.500. The minimum Gasteiger partial charge on any atom is -0.453 e. The third-order valence-electron chi connectivity index (χ3n) is 6.89. The van der Waals surface area contributed by atoms with Gasteiger partial charge in [0.1, 0.15) is 12.1 Å². The van der Waals surface area contributed by atoms with Gasteiger partial charge in [0.05, 0.1) is 24.0 Å². The van der Waals surface area contributed by atoms with E-state index in [0.717, 1.165) is 5.69 Å². The van der Waals surface area contributed by atoms with Crippen molar-refractivity contribution in [2.45, 2.75) is 71.4 Å². The highest BCUT2D eigenvalue weighted by atomic mass is 16.7. The summed E-state index contributed by atoms with van der Waals surface area (Å²) in [7, 11) is 1.53. The van der Waals surface area contributed by atoms with Crippen molar-refractivity contribution in [2.75, 3.05) is 19.0 Å². The summed E-state index contributed by atoms with van der Waals surface area (Å²) in [5, 5.41) is 12.0. The standard InChI is InChI=1S/C30H40N4O6/c1-17(2)14-23(29(37)34-24(15-18(3)4)28(36)32-21-12-13-39-30(21)38-5)33-27(35)19-10-11-26-22(16-19)31-20-8-6-7-9-25(20)40-26/h6-11,16-18,21,23-24,30-31H,12-15H2,1-5H3,(H,32,36)(H,33,35)(H,34,37)/t21-,23-,24-,30?/m0/s1. The second kappa shape index (κ2) is 13.1. The summed E-state index contributed by atoms with van der Waals surface area (Å²) in [4.78, 5) is 40.0. The molecule has 4 N–H and O–H groups in total. The van der Waals surface area contributed by atoms with Crippen molar-refractivity contribution in [3.8, 4) is 11.5 Å². The summed E-state index contributed by atoms with van der Waals surface area (Å²) in [6.45, 7) is 8.43. The Labute approximate surface area is 235 Å². The number of benzene rings is 2. The number of para-hydroxylation sites is 2. The molecule has 2 aliphatic heterocycles. The maximum Gasteiger partial charge on any atom is 0.252 e. The molecule has 0 spiro atoms. The Hall–Kier alpha value is -3.63. The van der Waals surface area contributed by atoms with Crippen LogP contribution >= 0.6 is 0 Å². The molecule has 10 nitrogen and oxygen atoms in total. The van der Waals surface area contributed by atoms with E-state index in [1.54, 1.807) is 18.2 Å². The Balaban J connectivity index is 1.45. The highest BCUT2D eigenvalue weighted by Crippen LogP contribution is 2.41. The number of rotatable bonds is 11. The average molecular weight is 553 g/mol. The number of nitrogens with one attached hydrogen (secondary N) is 4. The van der Waals surface area contributed by atoms with Crippen LogP contribution in [0.25, 0.3) is 0 Å². The molecule has 1 unspecified atom stereocenters. The zero-order chi connectivity index (χ0) is 28.8. The van der Waals surface area contributed by atoms with E-state index in [2.05, 4.69) is 21.3 Å². The van der Waals surface area contributed by atoms with Crippen LogP contribution in [0.1, 0.15) is 57.3 Å². The predicted molar refractivity (Wildman–Crippen MR) is 152 cm³/mol. The first-order valence-corrected chi connectivity index (χ1v) is 13.9. The second-order valence-corrected chi connectivity index (χ2v) is 11.2. The lowest BCUT2D eigenvalue weighted by Gasteiger charge is -2.27. The molecular weight excluding hydrogens is 512 g/mol. The Kier molecular flexibility index (Phi) is 9.65. The van der Waals surface area contributed by atoms with Gasteiger partial charge in [-0.3, -0.25) is 14.4 Å². The van der Waals surface area contributed by atoms with Crippen molar-refractivity contribution in [3.63, 3.8) is 0 Å². The van der Waals surface area contributed by atoms with Gasteiger partial charge < -0.3 is 35.5 Å². The van der Waals surface area contributed by atoms with Gasteiger partial charge in [0, 0.05) is 12.7 Å². The van der Waals surface area contributed by atoms with E-state index < -0.39 is 24.3 Å². The summed E-state index contributed by atoms with van der Waals surface area (Å²) < 4.78 is 16.7. The molecule has 0 saturated carbocycles. The highest BCUT2D eigenvalue weighted by Gasteiger charge is 2.33. The molecule has 0 aliphatic carbocycles. The molecule has 10 heteroatoms. The van der Waals surface area contributed by atoms with Crippen molar-refractivity contribution in [2.24, 2.45) is 11.8 Å². The average Bonchev–Trinajstić information content (AvgIpc) is 3.37. The molecule has 2 heterocycles. The number of carbonyl (C=O) groups excluding carboxylic acids is 3. The smallest absolute Gasteiger partial charge is 0.252 e. The Morgan fingerprint density at radius 1 is 0.925 bits per heavy atom. The van der Waals surface area contributed by atoms with E-state index >= 15 is 0 Å². The quantitative estimate of drug-likeness (QED) is 0.282. The summed E-state index contributed by atoms with van der Waals surface area (Å²) in [6.07, 6.45) is 0.973. The van der Waals surface area contributed by atoms with Gasteiger partial charge in [0.25, 0.3) is 5.91 Å². The second-order valence-electron chi connectivity index (χ2n) is 11.2. The molecule has 40 heavy (non-hydrogen) atoms. The van der Waals surface area contributed by atoms with E-state index in [1.807, 2.05) is 52.0 Å². The van der Waals surface area contributed by atoms with E-state index in [-0.39, 0.29) is 29.7 Å². The van der Waals surface area contributed by atoms with Crippen molar-refractivity contribution in [1.82, 2.24) is 16.0 Å². The monoisotopic (exact) mass is 552 g/mol. The fourth-order valence-corrected chi connectivity index (χ4v) is 4.92. The zero-order valence-corrected chi connectivity index (χ0v) is 23.8. The number of methoxy groups -OCH3 is 1. The van der Waals surface area contributed by atoms with Gasteiger partial charge in [0.2, 0.25) is 11.8 Å². The maximum atomic E-state index is 13.5. The third-order valence-corrected chi connectivity index (χ3v) is 6.89. The van der Waals surface area contributed by atoms with Crippen molar-refractivity contribution < 1.29 is 28.6 Å². The number of amides is 3. The van der Waals surface area contributed by atoms with Gasteiger partial charge in [-0.05, 0) is 61.4 Å². The first-order valence-electron chi connectivity index (χ1n) is 13.9. The lowest BCUT2D eigenvalue weighted by atomic mass is 9.99. The summed E-state index contributed by atoms with van der Waals surface area (Å²) in [6, 6.07) is 10.8. The first-order chi connectivity index (χ1) is 19.1. The van der Waals surface area contributed by atoms with E-state index in [1.165, 1.54) is 7.11 Å². The van der Waals surface area contributed by atoms with Crippen LogP contribution in [-0.2, 0) is 19.1 Å². The molecule has 0 aromatic heterocycles. The molecule has 2 aromatic rings. The molecule has 2 aromatic carbocycles. The number of hydrogen-bond donors (Lipinski definition) is 4. The van der Waals surface area contributed by atoms with Crippen molar-refractivity contribution in [3.05, 3.63) is 48.0 Å². The largest absolute Gasteiger partial charge is 0.453 e. The molecule has 2 aliphatic rings. The normalized spacial score (nSPS) is 19.1. The molecule has 3 amide bonds. The van der Waals surface area contributed by atoms with Crippen LogP contribution in [-0.4, -0.2) is 55.9 Å². The van der Waals surface area contributed by atoms with Crippen LogP contribution in [0.15, 0.2) is 42.5 Å². The van der Waals surface area contributed by atoms with Crippen molar-refractivity contribution >= 4 is 29.1 Å². The minimum atomic E-state index is -0.822. The maximum absolute atomic E-state index is 13.5. The van der Waals surface area contributed by atoms with Crippen LogP contribution < -0.4 is 26.0 Å². The SMILES string of the molecule is COC1OCC[C@@H]1NC(=O)[C@H](CC(C)C)NC(=O)[C@H](CC(C)C)NC(=O)c1ccc2c(c1)Nc1ccccc1O2. The van der Waals surface area contributed by atoms with Gasteiger partial charge in [-0.2, -0.15) is 0 Å². The fourth-order valence-electron chi connectivity index (χ4n) is 4.92. The van der Waals surface area contributed by atoms with Crippen LogP contribution in [0.4, 0.5) is 11.4 Å². The van der Waals surface area contributed by atoms with Gasteiger partial charge in [-0.1, -0.05) is 39.8 Å². The molecule has 0 bridgehead atoms. The number of fused-ring (bicyclic) bond motifs is 2. The Morgan fingerprint density at radius 3 is 2.30 bits per heavy atom. The van der Waals surface area contributed by atoms with Crippen LogP contribution in [0.5, 0.6) is 11.5 Å². The summed E-state index contributed by atoms with van der Waals surface area (Å²) >= 11 is 0. The molecule has 4 rings (SSSR count). The van der Waals surface area contributed by atoms with Gasteiger partial charge in [-0.25, -0.2) is 0 Å². The number of anilines is 2. The molecule has 216 valence electrons. The molecule has 1 fully saturated rings. The van der Waals surface area contributed by atoms with Gasteiger partial charge >= 0.3 is 0 Å². The number of hydrogen-bond acceptors (Lipinski definition) is 7. The van der Waals surface area contributed by atoms with Crippen LogP contribution in [0.2, 0.25) is 0 Å². The zero-order valence-electron chi connectivity index (χ0n) is 23.8. The lowest BCUT2D eigenvalue weighted by molar-refractivity contribution is -0.134. The number of carbonyl (C=O) groups is 3. The Morgan fingerprint density at radius 2 is 1.60 bits per heavy atom. The molecule has 1 saturated heterocycles. The van der Waals surface area contributed by atoms with E-state index in [9.17, 15) is 14.4 Å². The number of ether oxygens (including phenoxy) is 3. The van der Waals surface area contributed by atoms with E-state index in [0.29, 0.717) is 48.6 Å². The molecule has 4 atom stereocenters. The van der Waals surface area contributed by atoms with Crippen molar-refractivity contribution in [1.29, 1.82) is 0 Å². The highest BCUT2D eigenvalue weighted by molar-refractivity contribution is 5.99. The molecule has 0 radical (unpaired) electrons. The van der Waals surface area contributed by atoms with E-state index in [4.69, 9.17) is 14.2 Å². The van der Waals surface area contributed by atoms with Gasteiger partial charge in [0.15, 0.2) is 17.8 Å². The minimum absolute atomic E-state index is 0.127. The predicted octanol–water partition coefficient (Wildman–Crippen LogP) is 4.09. The van der Waals surface area contributed by atoms with Gasteiger partial charge in [-0.15, -0.1) is 0 Å². The Bertz CT molecular complexity index is 1220. The third kappa shape index (κ3) is 7.31. The summed E-state index contributed by atoms with van der Waals surface area (Å²) in [5.41, 5.74) is 1.86. The summed E-state index contributed by atoms with van der Waals surface area (Å²) in [5.74, 6) is 0.512. The lowest BCUT2D eigenvalue weighted by Crippen LogP contribution is -2.56.